The highest BCUT2D eigenvalue weighted by molar-refractivity contribution is 6.01. The molecule has 3 heterocycles. The lowest BCUT2D eigenvalue weighted by atomic mass is 9.74. The Morgan fingerprint density at radius 3 is 1.80 bits per heavy atom. The van der Waals surface area contributed by atoms with Crippen LogP contribution in [0.3, 0.4) is 0 Å². The smallest absolute Gasteiger partial charge is 0.377 e. The minimum absolute atomic E-state index is 0.00316. The highest BCUT2D eigenvalue weighted by atomic mass is 19.4. The van der Waals surface area contributed by atoms with E-state index in [4.69, 9.17) is 4.74 Å². The Morgan fingerprint density at radius 2 is 1.25 bits per heavy atom. The maximum atomic E-state index is 15.5. The Kier molecular flexibility index (Phi) is 29.5. The molecule has 12 atom stereocenters. The third-order valence-electron chi connectivity index (χ3n) is 23.6. The van der Waals surface area contributed by atoms with E-state index < -0.39 is 230 Å². The van der Waals surface area contributed by atoms with E-state index in [1.807, 2.05) is 0 Å². The number of hydrogen-bond acceptors (Lipinski definition) is 13. The zero-order valence-electron chi connectivity index (χ0n) is 63.6. The molecule has 4 aliphatic carbocycles. The van der Waals surface area contributed by atoms with Crippen molar-refractivity contribution < 1.29 is 97.4 Å². The Bertz CT molecular complexity index is 3210. The van der Waals surface area contributed by atoms with Gasteiger partial charge in [-0.25, -0.2) is 8.78 Å². The molecule has 2 unspecified atom stereocenters. The number of nitrogens with zero attached hydrogens (tertiary/aromatic N) is 9. The molecule has 3 aliphatic heterocycles. The van der Waals surface area contributed by atoms with Gasteiger partial charge < -0.3 is 64.8 Å². The summed E-state index contributed by atoms with van der Waals surface area (Å²) in [5.41, 5.74) is -1.15. The van der Waals surface area contributed by atoms with Crippen LogP contribution in [0.4, 0.5) is 35.1 Å². The van der Waals surface area contributed by atoms with Crippen LogP contribution in [0.15, 0.2) is 11.6 Å². The van der Waals surface area contributed by atoms with Crippen molar-refractivity contribution in [1.29, 1.82) is 0 Å². The van der Waals surface area contributed by atoms with Crippen LogP contribution in [0.1, 0.15) is 169 Å². The van der Waals surface area contributed by atoms with Crippen LogP contribution in [0.25, 0.3) is 0 Å². The van der Waals surface area contributed by atoms with E-state index in [-0.39, 0.29) is 90.3 Å². The Hall–Kier alpha value is -7.22. The number of halogens is 8. The van der Waals surface area contributed by atoms with E-state index >= 15 is 37.5 Å². The lowest BCUT2D eigenvalue weighted by molar-refractivity contribution is -0.219. The van der Waals surface area contributed by atoms with Crippen LogP contribution in [-0.4, -0.2) is 289 Å². The number of hydrogen-bond donors (Lipinski definition) is 3. The molecular weight excluding hydrogens is 1400 g/mol. The van der Waals surface area contributed by atoms with Crippen LogP contribution in [-0.2, 0) is 62.3 Å². The third kappa shape index (κ3) is 20.2. The zero-order chi connectivity index (χ0) is 78.9. The first-order valence-electron chi connectivity index (χ1n) is 37.6. The molecular formula is C73H112F8N12O13. The van der Waals surface area contributed by atoms with Crippen molar-refractivity contribution in [2.24, 2.45) is 35.5 Å². The molecule has 0 aromatic heterocycles. The summed E-state index contributed by atoms with van der Waals surface area (Å²) in [7, 11) is 10.8. The Labute approximate surface area is 616 Å². The minimum Gasteiger partial charge on any atom is -0.377 e. The van der Waals surface area contributed by atoms with Crippen molar-refractivity contribution in [3.63, 3.8) is 0 Å². The van der Waals surface area contributed by atoms with Crippen LogP contribution in [0.2, 0.25) is 0 Å². The molecule has 0 radical (unpaired) electrons. The van der Waals surface area contributed by atoms with Crippen LogP contribution in [0, 0.1) is 35.5 Å². The summed E-state index contributed by atoms with van der Waals surface area (Å²) in [6.45, 7) is 6.43. The first-order valence-corrected chi connectivity index (χ1v) is 37.6. The number of nitrogens with one attached hydrogen (secondary N) is 3. The van der Waals surface area contributed by atoms with Crippen LogP contribution < -0.4 is 16.0 Å². The van der Waals surface area contributed by atoms with Gasteiger partial charge in [-0.3, -0.25) is 57.5 Å². The fourth-order valence-corrected chi connectivity index (χ4v) is 16.8. The summed E-state index contributed by atoms with van der Waals surface area (Å²) in [6.07, 6.45) is -15.1. The van der Waals surface area contributed by atoms with Crippen LogP contribution >= 0.6 is 0 Å². The monoisotopic (exact) mass is 1520 g/mol. The van der Waals surface area contributed by atoms with Crippen molar-refractivity contribution in [3.8, 4) is 0 Å². The normalized spacial score (nSPS) is 32.0. The van der Waals surface area contributed by atoms with Crippen LogP contribution in [0.5, 0.6) is 0 Å². The quantitative estimate of drug-likeness (QED) is 0.156. The van der Waals surface area contributed by atoms with Gasteiger partial charge in [0.25, 0.3) is 0 Å². The van der Waals surface area contributed by atoms with Gasteiger partial charge in [0.15, 0.2) is 0 Å². The second-order valence-electron chi connectivity index (χ2n) is 31.2. The van der Waals surface area contributed by atoms with Gasteiger partial charge in [-0.05, 0) is 140 Å². The molecule has 7 rings (SSSR count). The highest BCUT2D eigenvalue weighted by Crippen LogP contribution is 2.46. The molecule has 598 valence electrons. The van der Waals surface area contributed by atoms with E-state index in [2.05, 4.69) is 16.0 Å². The maximum absolute atomic E-state index is 15.5. The van der Waals surface area contributed by atoms with Gasteiger partial charge in [0, 0.05) is 82.5 Å². The SMILES string of the molecule is CCO[C@@H]1C[C@H]2C(=O)NC3(CCC3)C(=O)N(C)[C@@H](C3CCCC3)C(=O)N(C)[C@H](C(=O)N(C)C)CC(=O)N(C)[C@@H](CC)C(=O)N[C@@H]([C@@H](C)CC)C(=O)N(C)CC(=O)N(C)[C@H]3CC=C(C)CN(C3=O)[C@@H](CC3CCC(C(F)(F)F)CC3)C(=O)N(C)CC(=O)N[C@@H](CCC3CC(F)C(C(F)(F)F)C(F)C3)C(=O)N2C1. The Morgan fingerprint density at radius 1 is 0.642 bits per heavy atom. The van der Waals surface area contributed by atoms with Gasteiger partial charge in [0.05, 0.1) is 31.5 Å². The van der Waals surface area contributed by atoms with Gasteiger partial charge in [0.2, 0.25) is 70.9 Å². The summed E-state index contributed by atoms with van der Waals surface area (Å²) >= 11 is 0. The first kappa shape index (κ1) is 86.0. The summed E-state index contributed by atoms with van der Waals surface area (Å²) in [5.74, 6) is -16.9. The van der Waals surface area contributed by atoms with E-state index in [1.54, 1.807) is 40.7 Å². The third-order valence-corrected chi connectivity index (χ3v) is 23.6. The molecule has 3 N–H and O–H groups in total. The van der Waals surface area contributed by atoms with Crippen molar-refractivity contribution >= 4 is 70.9 Å². The molecule has 2 saturated heterocycles. The van der Waals surface area contributed by atoms with E-state index in [0.717, 1.165) is 29.4 Å². The number of ether oxygens (including phenoxy) is 1. The lowest BCUT2D eigenvalue weighted by Crippen LogP contribution is -2.68. The van der Waals surface area contributed by atoms with Gasteiger partial charge in [-0.2, -0.15) is 26.3 Å². The molecule has 25 nitrogen and oxygen atoms in total. The lowest BCUT2D eigenvalue weighted by Gasteiger charge is -2.46. The summed E-state index contributed by atoms with van der Waals surface area (Å²) in [6, 6.07) is -11.4. The molecule has 1 spiro atoms. The molecule has 4 saturated carbocycles. The molecule has 0 aromatic carbocycles. The molecule has 106 heavy (non-hydrogen) atoms. The van der Waals surface area contributed by atoms with Gasteiger partial charge in [0.1, 0.15) is 72.1 Å². The minimum atomic E-state index is -5.22. The van der Waals surface area contributed by atoms with E-state index in [9.17, 15) is 55.1 Å². The fourth-order valence-electron chi connectivity index (χ4n) is 16.8. The molecule has 0 aromatic rings. The molecule has 12 amide bonds. The van der Waals surface area contributed by atoms with Crippen molar-refractivity contribution in [1.82, 2.24) is 60.0 Å². The van der Waals surface area contributed by atoms with Crippen molar-refractivity contribution in [2.75, 3.05) is 89.2 Å². The number of carbonyl (C=O) groups is 12. The molecule has 6 fully saturated rings. The highest BCUT2D eigenvalue weighted by Gasteiger charge is 2.56. The summed E-state index contributed by atoms with van der Waals surface area (Å²) in [5, 5.41) is 8.34. The van der Waals surface area contributed by atoms with E-state index in [1.165, 1.54) is 71.1 Å². The van der Waals surface area contributed by atoms with Crippen molar-refractivity contribution in [3.05, 3.63) is 11.6 Å². The number of amides is 12. The first-order chi connectivity index (χ1) is 49.6. The van der Waals surface area contributed by atoms with Crippen molar-refractivity contribution in [2.45, 2.75) is 254 Å². The summed E-state index contributed by atoms with van der Waals surface area (Å²) < 4.78 is 121. The molecule has 7 aliphatic rings. The largest absolute Gasteiger partial charge is 0.397 e. The van der Waals surface area contributed by atoms with Gasteiger partial charge in [-0.1, -0.05) is 51.7 Å². The average Bonchev–Trinajstić information content (AvgIpc) is 1.13. The number of carbonyl (C=O) groups excluding carboxylic acids is 12. The molecule has 33 heteroatoms. The summed E-state index contributed by atoms with van der Waals surface area (Å²) in [4.78, 5) is 190. The van der Waals surface area contributed by atoms with Gasteiger partial charge >= 0.3 is 12.4 Å². The maximum Gasteiger partial charge on any atom is 0.397 e. The fraction of sp³-hybridized carbons (Fsp3) is 0.808. The second kappa shape index (κ2) is 36.3. The van der Waals surface area contributed by atoms with Gasteiger partial charge in [-0.15, -0.1) is 0 Å². The standard InChI is InChI=1S/C73H112F8N12O13/c1-14-42(5)60-68(103)87(9)40-58(96)89(11)52-29-22-41(4)37-92(67(52)102)55(34-43-23-26-46(27-24-43)72(76,77)78)66(101)86(8)39-56(94)82-50(28-25-44-32-48(74)59(49(75)33-44)73(79,80)81)64(99)93-38-47(106-16-3)35-53(93)63(98)84-71(30-19-31-71)70(105)91(13)61(45-20-17-18-21-45)69(104)90(12)54(65(100)85(6)7)36-57(95)88(10)51(15-2)62(97)83-60/h22,42-55,59-61H,14-21,23-40H2,1-13H3,(H,82,94)(H,83,97)(H,84,98)/t42-,43?,44?,46?,47+,48?,49?,50-,51-,52-,53-,54-,55-,59?,60-,61-/m0/s1. The number of fused-ring (bicyclic) bond motifs is 3. The topological polar surface area (TPSA) is 279 Å². The average molecular weight is 1520 g/mol. The number of alkyl halides is 8. The second-order valence-corrected chi connectivity index (χ2v) is 31.2. The predicted molar refractivity (Wildman–Crippen MR) is 372 cm³/mol. The van der Waals surface area contributed by atoms with E-state index in [0.29, 0.717) is 44.1 Å². The zero-order valence-corrected chi connectivity index (χ0v) is 63.6. The number of likely N-dealkylation sites (N-methyl/N-ethyl adjacent to an activating group) is 7. The predicted octanol–water partition coefficient (Wildman–Crippen LogP) is 5.71. The number of rotatable bonds is 12. The Balaban J connectivity index is 1.31. The molecule has 2 bridgehead atoms.